The number of nitrogens with one attached hydrogen (secondary N) is 1. The van der Waals surface area contributed by atoms with Gasteiger partial charge in [-0.25, -0.2) is 4.39 Å². The molecule has 4 heteroatoms. The van der Waals surface area contributed by atoms with E-state index in [1.165, 1.54) is 31.7 Å². The lowest BCUT2D eigenvalue weighted by molar-refractivity contribution is 0.238. The summed E-state index contributed by atoms with van der Waals surface area (Å²) in [5, 5.41) is 3.61. The Balaban J connectivity index is 1.62. The highest BCUT2D eigenvalue weighted by atomic mass is 79.9. The first-order valence-electron chi connectivity index (χ1n) is 7.14. The number of rotatable bonds is 5. The summed E-state index contributed by atoms with van der Waals surface area (Å²) in [6, 6.07) is 6.68. The van der Waals surface area contributed by atoms with Crippen LogP contribution in [0.3, 0.4) is 0 Å². The van der Waals surface area contributed by atoms with Gasteiger partial charge in [0, 0.05) is 25.2 Å². The lowest BCUT2D eigenvalue weighted by atomic mass is 10.1. The smallest absolute Gasteiger partial charge is 0.137 e. The van der Waals surface area contributed by atoms with Crippen molar-refractivity contribution in [3.05, 3.63) is 34.1 Å². The molecule has 1 saturated heterocycles. The van der Waals surface area contributed by atoms with Crippen LogP contribution in [0.25, 0.3) is 0 Å². The Morgan fingerprint density at radius 1 is 1.32 bits per heavy atom. The van der Waals surface area contributed by atoms with E-state index in [0.717, 1.165) is 31.2 Å². The SMILES string of the molecule is Fc1cccc(CN2CCCC2CNC2CC2)c1Br. The van der Waals surface area contributed by atoms with Gasteiger partial charge in [-0.15, -0.1) is 0 Å². The fraction of sp³-hybridized carbons (Fsp3) is 0.600. The fourth-order valence-corrected chi connectivity index (χ4v) is 3.20. The molecule has 1 aliphatic heterocycles. The minimum atomic E-state index is -0.163. The number of nitrogens with zero attached hydrogens (tertiary/aromatic N) is 1. The van der Waals surface area contributed by atoms with E-state index in [9.17, 15) is 4.39 Å². The van der Waals surface area contributed by atoms with Crippen LogP contribution in [0.15, 0.2) is 22.7 Å². The second-order valence-electron chi connectivity index (χ2n) is 5.66. The largest absolute Gasteiger partial charge is 0.312 e. The molecule has 1 aromatic rings. The van der Waals surface area contributed by atoms with Gasteiger partial charge in [-0.3, -0.25) is 4.90 Å². The van der Waals surface area contributed by atoms with E-state index < -0.39 is 0 Å². The van der Waals surface area contributed by atoms with E-state index in [-0.39, 0.29) is 5.82 Å². The third kappa shape index (κ3) is 3.36. The third-order valence-electron chi connectivity index (χ3n) is 4.12. The minimum Gasteiger partial charge on any atom is -0.312 e. The summed E-state index contributed by atoms with van der Waals surface area (Å²) in [7, 11) is 0. The number of likely N-dealkylation sites (tertiary alicyclic amines) is 1. The van der Waals surface area contributed by atoms with Crippen molar-refractivity contribution in [1.82, 2.24) is 10.2 Å². The van der Waals surface area contributed by atoms with Crippen molar-refractivity contribution in [3.8, 4) is 0 Å². The summed E-state index contributed by atoms with van der Waals surface area (Å²) in [4.78, 5) is 2.48. The van der Waals surface area contributed by atoms with Crippen molar-refractivity contribution in [2.24, 2.45) is 0 Å². The van der Waals surface area contributed by atoms with E-state index >= 15 is 0 Å². The van der Waals surface area contributed by atoms with Gasteiger partial charge in [0.25, 0.3) is 0 Å². The van der Waals surface area contributed by atoms with Gasteiger partial charge >= 0.3 is 0 Å². The molecule has 1 atom stereocenters. The zero-order valence-electron chi connectivity index (χ0n) is 11.0. The summed E-state index contributed by atoms with van der Waals surface area (Å²) < 4.78 is 14.2. The van der Waals surface area contributed by atoms with Crippen LogP contribution in [-0.4, -0.2) is 30.1 Å². The van der Waals surface area contributed by atoms with Crippen molar-refractivity contribution in [1.29, 1.82) is 0 Å². The summed E-state index contributed by atoms with van der Waals surface area (Å²) in [5.74, 6) is -0.163. The van der Waals surface area contributed by atoms with Crippen molar-refractivity contribution >= 4 is 15.9 Å². The zero-order valence-corrected chi connectivity index (χ0v) is 12.6. The molecule has 0 bridgehead atoms. The molecular weight excluding hydrogens is 307 g/mol. The van der Waals surface area contributed by atoms with E-state index in [1.54, 1.807) is 6.07 Å². The molecule has 1 aromatic carbocycles. The van der Waals surface area contributed by atoms with Crippen molar-refractivity contribution < 1.29 is 4.39 Å². The summed E-state index contributed by atoms with van der Waals surface area (Å²) in [6.07, 6.45) is 5.18. The van der Waals surface area contributed by atoms with E-state index in [0.29, 0.717) is 10.5 Å². The lowest BCUT2D eigenvalue weighted by Crippen LogP contribution is -2.38. The molecular formula is C15H20BrFN2. The van der Waals surface area contributed by atoms with Crippen LogP contribution < -0.4 is 5.32 Å². The highest BCUT2D eigenvalue weighted by molar-refractivity contribution is 9.10. The summed E-state index contributed by atoms with van der Waals surface area (Å²) in [5.41, 5.74) is 1.05. The molecule has 0 amide bonds. The van der Waals surface area contributed by atoms with Crippen LogP contribution in [0.5, 0.6) is 0 Å². The molecule has 3 rings (SSSR count). The molecule has 0 radical (unpaired) electrons. The molecule has 1 aliphatic carbocycles. The lowest BCUT2D eigenvalue weighted by Gasteiger charge is -2.25. The first-order valence-corrected chi connectivity index (χ1v) is 7.93. The Bertz CT molecular complexity index is 448. The zero-order chi connectivity index (χ0) is 13.2. The van der Waals surface area contributed by atoms with Gasteiger partial charge in [-0.05, 0) is 59.8 Å². The van der Waals surface area contributed by atoms with Gasteiger partial charge in [0.2, 0.25) is 0 Å². The van der Waals surface area contributed by atoms with Gasteiger partial charge in [0.1, 0.15) is 5.82 Å². The molecule has 1 heterocycles. The maximum atomic E-state index is 13.5. The molecule has 2 fully saturated rings. The Labute approximate surface area is 122 Å². The van der Waals surface area contributed by atoms with Gasteiger partial charge < -0.3 is 5.32 Å². The molecule has 104 valence electrons. The van der Waals surface area contributed by atoms with Crippen LogP contribution >= 0.6 is 15.9 Å². The minimum absolute atomic E-state index is 0.163. The molecule has 1 saturated carbocycles. The highest BCUT2D eigenvalue weighted by Crippen LogP contribution is 2.26. The van der Waals surface area contributed by atoms with Crippen LogP contribution in [0.4, 0.5) is 4.39 Å². The third-order valence-corrected chi connectivity index (χ3v) is 5.01. The predicted octanol–water partition coefficient (Wildman–Crippen LogP) is 3.30. The number of halogens is 2. The van der Waals surface area contributed by atoms with Crippen LogP contribution in [0.2, 0.25) is 0 Å². The topological polar surface area (TPSA) is 15.3 Å². The van der Waals surface area contributed by atoms with E-state index in [2.05, 4.69) is 26.1 Å². The fourth-order valence-electron chi connectivity index (χ4n) is 2.81. The van der Waals surface area contributed by atoms with Crippen LogP contribution in [0, 0.1) is 5.82 Å². The van der Waals surface area contributed by atoms with Gasteiger partial charge in [0.05, 0.1) is 4.47 Å². The second-order valence-corrected chi connectivity index (χ2v) is 6.45. The van der Waals surface area contributed by atoms with Gasteiger partial charge in [-0.2, -0.15) is 0 Å². The van der Waals surface area contributed by atoms with Crippen LogP contribution in [0.1, 0.15) is 31.2 Å². The van der Waals surface area contributed by atoms with Crippen molar-refractivity contribution in [3.63, 3.8) is 0 Å². The number of hydrogen-bond donors (Lipinski definition) is 1. The summed E-state index contributed by atoms with van der Waals surface area (Å²) in [6.45, 7) is 3.05. The average Bonchev–Trinajstić information content (AvgIpc) is 3.13. The monoisotopic (exact) mass is 326 g/mol. The molecule has 2 nitrogen and oxygen atoms in total. The van der Waals surface area contributed by atoms with E-state index in [1.807, 2.05) is 6.07 Å². The Kier molecular flexibility index (Phi) is 4.20. The first-order chi connectivity index (χ1) is 9.24. The Morgan fingerprint density at radius 2 is 2.16 bits per heavy atom. The summed E-state index contributed by atoms with van der Waals surface area (Å²) >= 11 is 3.36. The standard InChI is InChI=1S/C15H20BrFN2/c16-15-11(3-1-5-14(15)17)10-19-8-2-4-13(19)9-18-12-6-7-12/h1,3,5,12-13,18H,2,4,6-10H2. The average molecular weight is 327 g/mol. The maximum absolute atomic E-state index is 13.5. The molecule has 0 spiro atoms. The van der Waals surface area contributed by atoms with Crippen LogP contribution in [-0.2, 0) is 6.54 Å². The quantitative estimate of drug-likeness (QED) is 0.893. The molecule has 1 N–H and O–H groups in total. The second kappa shape index (κ2) is 5.90. The Hall–Kier alpha value is -0.450. The maximum Gasteiger partial charge on any atom is 0.137 e. The Morgan fingerprint density at radius 3 is 2.95 bits per heavy atom. The number of hydrogen-bond acceptors (Lipinski definition) is 2. The molecule has 0 aromatic heterocycles. The normalized spacial score (nSPS) is 24.0. The van der Waals surface area contributed by atoms with Crippen molar-refractivity contribution in [2.45, 2.75) is 44.3 Å². The van der Waals surface area contributed by atoms with Gasteiger partial charge in [-0.1, -0.05) is 12.1 Å². The predicted molar refractivity (Wildman–Crippen MR) is 78.6 cm³/mol. The van der Waals surface area contributed by atoms with Crippen molar-refractivity contribution in [2.75, 3.05) is 13.1 Å². The first kappa shape index (κ1) is 13.5. The molecule has 2 aliphatic rings. The van der Waals surface area contributed by atoms with Gasteiger partial charge in [0.15, 0.2) is 0 Å². The molecule has 1 unspecified atom stereocenters. The van der Waals surface area contributed by atoms with E-state index in [4.69, 9.17) is 0 Å². The molecule has 19 heavy (non-hydrogen) atoms. The highest BCUT2D eigenvalue weighted by Gasteiger charge is 2.28. The number of benzene rings is 1.